The Kier molecular flexibility index (Phi) is 2.29. The van der Waals surface area contributed by atoms with Crippen molar-refractivity contribution in [2.24, 2.45) is 0 Å². The predicted molar refractivity (Wildman–Crippen MR) is 44.4 cm³/mol. The zero-order valence-corrected chi connectivity index (χ0v) is 7.66. The van der Waals surface area contributed by atoms with Gasteiger partial charge in [-0.15, -0.1) is 0 Å². The van der Waals surface area contributed by atoms with Gasteiger partial charge in [0, 0.05) is 13.1 Å². The van der Waals surface area contributed by atoms with Crippen LogP contribution in [0.2, 0.25) is 0 Å². The van der Waals surface area contributed by atoms with E-state index < -0.39 is 18.4 Å². The first-order valence-electron chi connectivity index (χ1n) is 4.39. The summed E-state index contributed by atoms with van der Waals surface area (Å²) in [6, 6.07) is -0.0699. The molecule has 0 saturated carbocycles. The Morgan fingerprint density at radius 2 is 2.20 bits per heavy atom. The van der Waals surface area contributed by atoms with E-state index in [2.05, 4.69) is 10.4 Å². The number of nitrogens with one attached hydrogen (secondary N) is 1. The third-order valence-electron chi connectivity index (χ3n) is 2.24. The van der Waals surface area contributed by atoms with E-state index in [-0.39, 0.29) is 6.04 Å². The zero-order valence-electron chi connectivity index (χ0n) is 7.66. The smallest absolute Gasteiger partial charge is 0.313 e. The Labute approximate surface area is 82.5 Å². The van der Waals surface area contributed by atoms with Crippen LogP contribution in [0.15, 0.2) is 11.1 Å². The van der Waals surface area contributed by atoms with Crippen molar-refractivity contribution < 1.29 is 13.2 Å². The highest BCUT2D eigenvalue weighted by atomic mass is 19.4. The SMILES string of the molecule is O=c1n(C2CNC2)cnn1CC(F)(F)F. The van der Waals surface area contributed by atoms with Crippen LogP contribution < -0.4 is 11.0 Å². The van der Waals surface area contributed by atoms with Crippen molar-refractivity contribution in [2.45, 2.75) is 18.8 Å². The maximum atomic E-state index is 12.0. The summed E-state index contributed by atoms with van der Waals surface area (Å²) in [5, 5.41) is 6.35. The molecule has 1 N–H and O–H groups in total. The van der Waals surface area contributed by atoms with Gasteiger partial charge in [0.1, 0.15) is 12.9 Å². The van der Waals surface area contributed by atoms with E-state index in [0.29, 0.717) is 17.8 Å². The number of hydrogen-bond acceptors (Lipinski definition) is 3. The molecule has 2 rings (SSSR count). The summed E-state index contributed by atoms with van der Waals surface area (Å²) in [6.07, 6.45) is -3.26. The van der Waals surface area contributed by atoms with Gasteiger partial charge in [0.15, 0.2) is 0 Å². The summed E-state index contributed by atoms with van der Waals surface area (Å²) < 4.78 is 37.7. The number of hydrogen-bond donors (Lipinski definition) is 1. The van der Waals surface area contributed by atoms with E-state index in [9.17, 15) is 18.0 Å². The second-order valence-electron chi connectivity index (χ2n) is 3.41. The second-order valence-corrected chi connectivity index (χ2v) is 3.41. The van der Waals surface area contributed by atoms with Gasteiger partial charge in [0.2, 0.25) is 0 Å². The normalized spacial score (nSPS) is 17.8. The van der Waals surface area contributed by atoms with Crippen LogP contribution >= 0.6 is 0 Å². The van der Waals surface area contributed by atoms with Crippen LogP contribution in [0.25, 0.3) is 0 Å². The van der Waals surface area contributed by atoms with Crippen LogP contribution in [0.4, 0.5) is 13.2 Å². The molecular formula is C7H9F3N4O. The van der Waals surface area contributed by atoms with Crippen molar-refractivity contribution in [2.75, 3.05) is 13.1 Å². The van der Waals surface area contributed by atoms with Crippen LogP contribution in [0, 0.1) is 0 Å². The minimum atomic E-state index is -4.42. The molecule has 2 heterocycles. The van der Waals surface area contributed by atoms with Crippen molar-refractivity contribution in [3.8, 4) is 0 Å². The Bertz CT molecular complexity index is 403. The average Bonchev–Trinajstić information content (AvgIpc) is 2.30. The van der Waals surface area contributed by atoms with Gasteiger partial charge in [-0.2, -0.15) is 18.3 Å². The highest BCUT2D eigenvalue weighted by Gasteiger charge is 2.31. The van der Waals surface area contributed by atoms with Crippen LogP contribution in [-0.2, 0) is 6.54 Å². The molecule has 1 aromatic rings. The second kappa shape index (κ2) is 3.37. The predicted octanol–water partition coefficient (Wildman–Crippen LogP) is -0.249. The minimum absolute atomic E-state index is 0.0699. The first-order valence-corrected chi connectivity index (χ1v) is 4.39. The Balaban J connectivity index is 2.20. The molecule has 1 aliphatic heterocycles. The third-order valence-corrected chi connectivity index (χ3v) is 2.24. The summed E-state index contributed by atoms with van der Waals surface area (Å²) in [6.45, 7) is -0.145. The molecule has 1 aliphatic rings. The molecule has 84 valence electrons. The van der Waals surface area contributed by atoms with Gasteiger partial charge in [0.25, 0.3) is 0 Å². The molecule has 0 bridgehead atoms. The number of halogens is 3. The van der Waals surface area contributed by atoms with Gasteiger partial charge < -0.3 is 5.32 Å². The lowest BCUT2D eigenvalue weighted by Gasteiger charge is -2.26. The molecule has 15 heavy (non-hydrogen) atoms. The maximum absolute atomic E-state index is 12.0. The van der Waals surface area contributed by atoms with Gasteiger partial charge in [-0.25, -0.2) is 9.48 Å². The van der Waals surface area contributed by atoms with E-state index >= 15 is 0 Å². The molecule has 0 unspecified atom stereocenters. The van der Waals surface area contributed by atoms with Crippen LogP contribution in [0.3, 0.4) is 0 Å². The molecule has 1 fully saturated rings. The highest BCUT2D eigenvalue weighted by molar-refractivity contribution is 4.85. The first-order chi connectivity index (χ1) is 6.97. The summed E-state index contributed by atoms with van der Waals surface area (Å²) in [7, 11) is 0. The highest BCUT2D eigenvalue weighted by Crippen LogP contribution is 2.16. The molecule has 8 heteroatoms. The summed E-state index contributed by atoms with van der Waals surface area (Å²) in [4.78, 5) is 11.4. The van der Waals surface area contributed by atoms with E-state index in [1.165, 1.54) is 4.57 Å². The number of aromatic nitrogens is 3. The van der Waals surface area contributed by atoms with Crippen molar-refractivity contribution in [1.29, 1.82) is 0 Å². The van der Waals surface area contributed by atoms with Gasteiger partial charge in [-0.05, 0) is 0 Å². The van der Waals surface area contributed by atoms with Gasteiger partial charge >= 0.3 is 11.9 Å². The first kappa shape index (κ1) is 10.2. The van der Waals surface area contributed by atoms with Crippen LogP contribution in [-0.4, -0.2) is 33.6 Å². The third kappa shape index (κ3) is 2.04. The van der Waals surface area contributed by atoms with Crippen molar-refractivity contribution >= 4 is 0 Å². The largest absolute Gasteiger partial charge is 0.408 e. The molecule has 0 amide bonds. The fourth-order valence-electron chi connectivity index (χ4n) is 1.35. The molecule has 0 aliphatic carbocycles. The molecule has 1 aromatic heterocycles. The fraction of sp³-hybridized carbons (Fsp3) is 0.714. The van der Waals surface area contributed by atoms with Crippen molar-refractivity contribution in [3.05, 3.63) is 16.8 Å². The Morgan fingerprint density at radius 1 is 1.53 bits per heavy atom. The maximum Gasteiger partial charge on any atom is 0.408 e. The van der Waals surface area contributed by atoms with Gasteiger partial charge in [-0.1, -0.05) is 0 Å². The molecule has 0 radical (unpaired) electrons. The molecular weight excluding hydrogens is 213 g/mol. The molecule has 5 nitrogen and oxygen atoms in total. The lowest BCUT2D eigenvalue weighted by Crippen LogP contribution is -2.47. The van der Waals surface area contributed by atoms with E-state index in [4.69, 9.17) is 0 Å². The molecule has 1 saturated heterocycles. The number of alkyl halides is 3. The Hall–Kier alpha value is -1.31. The van der Waals surface area contributed by atoms with Crippen molar-refractivity contribution in [3.63, 3.8) is 0 Å². The Morgan fingerprint density at radius 3 is 2.67 bits per heavy atom. The summed E-state index contributed by atoms with van der Waals surface area (Å²) >= 11 is 0. The lowest BCUT2D eigenvalue weighted by atomic mass is 10.2. The molecule has 0 spiro atoms. The van der Waals surface area contributed by atoms with E-state index in [0.717, 1.165) is 6.33 Å². The minimum Gasteiger partial charge on any atom is -0.313 e. The standard InChI is InChI=1S/C7H9F3N4O/c8-7(9,10)3-14-6(15)13(4-12-14)5-1-11-2-5/h4-5,11H,1-3H2. The molecule has 0 atom stereocenters. The molecule has 0 aromatic carbocycles. The van der Waals surface area contributed by atoms with E-state index in [1.807, 2.05) is 0 Å². The average molecular weight is 222 g/mol. The van der Waals surface area contributed by atoms with Gasteiger partial charge in [0.05, 0.1) is 6.04 Å². The quantitative estimate of drug-likeness (QED) is 0.750. The monoisotopic (exact) mass is 222 g/mol. The number of rotatable bonds is 2. The summed E-state index contributed by atoms with van der Waals surface area (Å²) in [5.41, 5.74) is -0.709. The van der Waals surface area contributed by atoms with Crippen molar-refractivity contribution in [1.82, 2.24) is 19.7 Å². The van der Waals surface area contributed by atoms with Gasteiger partial charge in [-0.3, -0.25) is 4.57 Å². The topological polar surface area (TPSA) is 51.9 Å². The summed E-state index contributed by atoms with van der Waals surface area (Å²) in [5.74, 6) is 0. The lowest BCUT2D eigenvalue weighted by molar-refractivity contribution is -0.143. The fourth-order valence-corrected chi connectivity index (χ4v) is 1.35. The van der Waals surface area contributed by atoms with E-state index in [1.54, 1.807) is 0 Å². The van der Waals surface area contributed by atoms with Crippen LogP contribution in [0.5, 0.6) is 0 Å². The van der Waals surface area contributed by atoms with Crippen LogP contribution in [0.1, 0.15) is 6.04 Å². The zero-order chi connectivity index (χ0) is 11.1. The number of nitrogens with zero attached hydrogens (tertiary/aromatic N) is 3.